The van der Waals surface area contributed by atoms with E-state index in [1.54, 1.807) is 0 Å². The van der Waals surface area contributed by atoms with E-state index < -0.39 is 0 Å². The zero-order valence-electron chi connectivity index (χ0n) is 43.6. The quantitative estimate of drug-likeness (QED) is 0.147. The van der Waals surface area contributed by atoms with Crippen molar-refractivity contribution in [3.63, 3.8) is 0 Å². The average molecular weight is 1080 g/mol. The second-order valence-electron chi connectivity index (χ2n) is 19.9. The molecule has 386 valence electrons. The zero-order chi connectivity index (χ0) is 54.5. The van der Waals surface area contributed by atoms with E-state index in [-0.39, 0.29) is 5.28 Å². The molecule has 0 aliphatic heterocycles. The van der Waals surface area contributed by atoms with Crippen LogP contribution in [0.5, 0.6) is 0 Å². The van der Waals surface area contributed by atoms with Crippen molar-refractivity contribution in [2.75, 3.05) is 0 Å². The van der Waals surface area contributed by atoms with Crippen molar-refractivity contribution in [2.45, 2.75) is 0 Å². The smallest absolute Gasteiger partial charge is 0.226 e. The fourth-order valence-electron chi connectivity index (χ4n) is 10.8. The summed E-state index contributed by atoms with van der Waals surface area (Å²) in [4.78, 5) is 28.5. The third kappa shape index (κ3) is 9.07. The van der Waals surface area contributed by atoms with Gasteiger partial charge in [0.05, 0.1) is 0 Å². The summed E-state index contributed by atoms with van der Waals surface area (Å²) in [6.45, 7) is 0. The molecule has 9 nitrogen and oxygen atoms in total. The molecule has 0 aliphatic carbocycles. The molecule has 0 atom stereocenters. The molecule has 0 radical (unpaired) electrons. The van der Waals surface area contributed by atoms with Gasteiger partial charge >= 0.3 is 0 Å². The van der Waals surface area contributed by atoms with Gasteiger partial charge in [-0.25, -0.2) is 19.9 Å². The Hall–Kier alpha value is -10.9. The molecule has 82 heavy (non-hydrogen) atoms. The van der Waals surface area contributed by atoms with E-state index in [0.717, 1.165) is 127 Å². The Labute approximate surface area is 474 Å². The van der Waals surface area contributed by atoms with E-state index >= 15 is 0 Å². The van der Waals surface area contributed by atoms with Gasteiger partial charge in [-0.15, -0.1) is 0 Å². The van der Waals surface area contributed by atoms with Gasteiger partial charge in [0.25, 0.3) is 0 Å². The first-order chi connectivity index (χ1) is 40.5. The fraction of sp³-hybridized carbons (Fsp3) is 0. The van der Waals surface area contributed by atoms with E-state index in [4.69, 9.17) is 39.8 Å². The van der Waals surface area contributed by atoms with Crippen LogP contribution < -0.4 is 0 Å². The maximum Gasteiger partial charge on any atom is 0.226 e. The molecule has 16 rings (SSSR count). The van der Waals surface area contributed by atoms with Crippen LogP contribution in [0.1, 0.15) is 0 Å². The van der Waals surface area contributed by atoms with E-state index in [0.29, 0.717) is 29.1 Å². The molecule has 11 aromatic carbocycles. The van der Waals surface area contributed by atoms with Gasteiger partial charge in [-0.2, -0.15) is 9.97 Å². The Bertz CT molecular complexity index is 5040. The molecule has 16 aromatic rings. The SMILES string of the molecule is Clc1nc(-c2ccc(-c3ccccc3)cc2)nc(-c2ccc3c(c2)oc2ccccc23)n1.c1ccc(-c2ccc(-c3nc(-c4ccc5c(c4)oc4ccccc45)nc(-c4ccc5c(c4)oc4cccc(-c6ccccc6)c45)n3)cc2)cc1. The Morgan fingerprint density at radius 1 is 0.220 bits per heavy atom. The summed E-state index contributed by atoms with van der Waals surface area (Å²) in [6, 6.07) is 88.1. The third-order valence-corrected chi connectivity index (χ3v) is 15.0. The standard InChI is InChI=1S/C45H27N3O2.C27H16ClN3O/c1-3-10-28(11-4-1)29-18-20-31(21-19-29)43-46-44(32-22-24-36-35-14-7-8-16-38(35)49-40(36)26-32)48-45(47-43)33-23-25-37-41(27-33)50-39-17-9-15-34(42(37)39)30-12-5-2-6-13-30;28-27-30-25(19-12-10-18(11-13-19)17-6-2-1-3-7-17)29-26(31-27)20-14-15-22-21-8-4-5-9-23(21)32-24(22)16-20/h1-27H;1-16H. The van der Waals surface area contributed by atoms with Crippen LogP contribution in [0.2, 0.25) is 5.28 Å². The highest BCUT2D eigenvalue weighted by molar-refractivity contribution is 6.28. The first kappa shape index (κ1) is 48.3. The zero-order valence-corrected chi connectivity index (χ0v) is 44.4. The molecule has 5 heterocycles. The Balaban J connectivity index is 0.000000155. The van der Waals surface area contributed by atoms with Crippen LogP contribution in [0.3, 0.4) is 0 Å². The molecule has 0 spiro atoms. The lowest BCUT2D eigenvalue weighted by Crippen LogP contribution is -2.00. The number of rotatable bonds is 8. The van der Waals surface area contributed by atoms with Crippen LogP contribution in [0, 0.1) is 0 Å². The van der Waals surface area contributed by atoms with Crippen molar-refractivity contribution in [2.24, 2.45) is 0 Å². The molecule has 0 amide bonds. The maximum atomic E-state index is 6.46. The highest BCUT2D eigenvalue weighted by Crippen LogP contribution is 2.40. The highest BCUT2D eigenvalue weighted by atomic mass is 35.5. The number of furan rings is 3. The summed E-state index contributed by atoms with van der Waals surface area (Å²) >= 11 is 6.27. The molecule has 0 unspecified atom stereocenters. The number of benzene rings is 11. The molecule has 0 aliphatic rings. The Kier molecular flexibility index (Phi) is 12.0. The van der Waals surface area contributed by atoms with Crippen LogP contribution in [0.15, 0.2) is 274 Å². The van der Waals surface area contributed by atoms with Crippen molar-refractivity contribution in [3.05, 3.63) is 266 Å². The van der Waals surface area contributed by atoms with Crippen molar-refractivity contribution in [3.8, 4) is 90.3 Å². The predicted molar refractivity (Wildman–Crippen MR) is 330 cm³/mol. The third-order valence-electron chi connectivity index (χ3n) is 14.9. The topological polar surface area (TPSA) is 117 Å². The predicted octanol–water partition coefficient (Wildman–Crippen LogP) is 19.4. The normalized spacial score (nSPS) is 11.5. The van der Waals surface area contributed by atoms with Gasteiger partial charge in [-0.3, -0.25) is 0 Å². The molecule has 0 saturated carbocycles. The second kappa shape index (κ2) is 20.4. The van der Waals surface area contributed by atoms with Crippen LogP contribution in [0.25, 0.3) is 156 Å². The molecule has 5 aromatic heterocycles. The maximum absolute atomic E-state index is 6.46. The summed E-state index contributed by atoms with van der Waals surface area (Å²) in [5.41, 5.74) is 16.0. The molecule has 0 fully saturated rings. The van der Waals surface area contributed by atoms with Gasteiger partial charge in [-0.1, -0.05) is 206 Å². The number of nitrogens with zero attached hydrogens (tertiary/aromatic N) is 6. The molecule has 0 N–H and O–H groups in total. The van der Waals surface area contributed by atoms with E-state index in [2.05, 4.69) is 142 Å². The lowest BCUT2D eigenvalue weighted by molar-refractivity contribution is 0.668. The molecule has 0 saturated heterocycles. The largest absolute Gasteiger partial charge is 0.456 e. The van der Waals surface area contributed by atoms with Crippen molar-refractivity contribution < 1.29 is 13.3 Å². The first-order valence-corrected chi connectivity index (χ1v) is 27.2. The molecular weight excluding hydrogens is 1030 g/mol. The van der Waals surface area contributed by atoms with E-state index in [1.807, 2.05) is 133 Å². The summed E-state index contributed by atoms with van der Waals surface area (Å²) in [6.07, 6.45) is 0. The minimum atomic E-state index is 0.154. The molecular formula is C72H43ClN6O3. The minimum Gasteiger partial charge on any atom is -0.456 e. The Morgan fingerprint density at radius 3 is 1.02 bits per heavy atom. The summed E-state index contributed by atoms with van der Waals surface area (Å²) < 4.78 is 18.7. The summed E-state index contributed by atoms with van der Waals surface area (Å²) in [5, 5.41) is 6.57. The van der Waals surface area contributed by atoms with Gasteiger partial charge in [-0.05, 0) is 99.6 Å². The number of hydrogen-bond acceptors (Lipinski definition) is 9. The van der Waals surface area contributed by atoms with Crippen molar-refractivity contribution >= 4 is 77.4 Å². The lowest BCUT2D eigenvalue weighted by Gasteiger charge is -2.09. The van der Waals surface area contributed by atoms with E-state index in [1.165, 1.54) is 0 Å². The number of fused-ring (bicyclic) bond motifs is 9. The highest BCUT2D eigenvalue weighted by Gasteiger charge is 2.19. The fourth-order valence-corrected chi connectivity index (χ4v) is 11.0. The summed E-state index contributed by atoms with van der Waals surface area (Å²) in [5.74, 6) is 2.76. The van der Waals surface area contributed by atoms with Crippen LogP contribution >= 0.6 is 11.6 Å². The number of aromatic nitrogens is 6. The van der Waals surface area contributed by atoms with Crippen LogP contribution in [-0.2, 0) is 0 Å². The van der Waals surface area contributed by atoms with Gasteiger partial charge in [0.2, 0.25) is 5.28 Å². The number of halogens is 1. The van der Waals surface area contributed by atoms with Gasteiger partial charge in [0.1, 0.15) is 33.5 Å². The molecule has 0 bridgehead atoms. The van der Waals surface area contributed by atoms with Gasteiger partial charge in [0.15, 0.2) is 29.1 Å². The minimum absolute atomic E-state index is 0.154. The van der Waals surface area contributed by atoms with Crippen molar-refractivity contribution in [1.82, 2.24) is 29.9 Å². The van der Waals surface area contributed by atoms with Crippen LogP contribution in [-0.4, -0.2) is 29.9 Å². The molecule has 10 heteroatoms. The monoisotopic (exact) mass is 1070 g/mol. The van der Waals surface area contributed by atoms with Crippen molar-refractivity contribution in [1.29, 1.82) is 0 Å². The van der Waals surface area contributed by atoms with Gasteiger partial charge in [0, 0.05) is 60.1 Å². The first-order valence-electron chi connectivity index (χ1n) is 26.8. The van der Waals surface area contributed by atoms with Crippen LogP contribution in [0.4, 0.5) is 0 Å². The number of para-hydroxylation sites is 2. The summed E-state index contributed by atoms with van der Waals surface area (Å²) in [7, 11) is 0. The lowest BCUT2D eigenvalue weighted by atomic mass is 9.99. The van der Waals surface area contributed by atoms with E-state index in [9.17, 15) is 0 Å². The average Bonchev–Trinajstić information content (AvgIpc) is 4.40. The Morgan fingerprint density at radius 2 is 0.537 bits per heavy atom. The van der Waals surface area contributed by atoms with Gasteiger partial charge < -0.3 is 13.3 Å². The number of hydrogen-bond donors (Lipinski definition) is 0. The second-order valence-corrected chi connectivity index (χ2v) is 20.3.